The van der Waals surface area contributed by atoms with E-state index >= 15 is 0 Å². The van der Waals surface area contributed by atoms with Crippen LogP contribution >= 0.6 is 0 Å². The lowest BCUT2D eigenvalue weighted by atomic mass is 9.79. The Bertz CT molecular complexity index is 796. The third kappa shape index (κ3) is 4.65. The van der Waals surface area contributed by atoms with E-state index in [1.165, 1.54) is 25.3 Å². The second-order valence-corrected chi connectivity index (χ2v) is 9.25. The highest BCUT2D eigenvalue weighted by Gasteiger charge is 2.61. The molecule has 3 aliphatic rings. The summed E-state index contributed by atoms with van der Waals surface area (Å²) in [7, 11) is 0. The summed E-state index contributed by atoms with van der Waals surface area (Å²) in [4.78, 5) is 26.8. The number of piperidine rings is 1. The molecule has 1 aliphatic heterocycles. The fraction of sp³-hybridized carbons (Fsp3) is 0.652. The Morgan fingerprint density at radius 2 is 1.90 bits per heavy atom. The molecule has 0 bridgehead atoms. The maximum atomic E-state index is 12.8. The van der Waals surface area contributed by atoms with Gasteiger partial charge in [-0.1, -0.05) is 18.6 Å². The summed E-state index contributed by atoms with van der Waals surface area (Å²) >= 11 is 0. The maximum Gasteiger partial charge on any atom is 0.416 e. The zero-order valence-electron chi connectivity index (χ0n) is 17.1. The standard InChI is InChI=1S/C23H29F3N2O2/c24-23(25,26)18-4-1-3-17(13-18)15-27-20(29)6-5-16-7-11-28(12-8-16)21(30)19-14-22(19)9-2-10-22/h1,3-4,13,16,19H,2,5-12,14-15H2,(H,27,29). The number of hydrogen-bond donors (Lipinski definition) is 1. The van der Waals surface area contributed by atoms with Gasteiger partial charge in [-0.2, -0.15) is 13.2 Å². The van der Waals surface area contributed by atoms with E-state index < -0.39 is 11.7 Å². The maximum absolute atomic E-state index is 12.8. The molecule has 1 atom stereocenters. The van der Waals surface area contributed by atoms with Crippen LogP contribution in [0.15, 0.2) is 24.3 Å². The number of alkyl halides is 3. The van der Waals surface area contributed by atoms with E-state index in [1.54, 1.807) is 6.07 Å². The highest BCUT2D eigenvalue weighted by atomic mass is 19.4. The zero-order chi connectivity index (χ0) is 21.4. The summed E-state index contributed by atoms with van der Waals surface area (Å²) < 4.78 is 38.3. The van der Waals surface area contributed by atoms with E-state index in [2.05, 4.69) is 5.32 Å². The van der Waals surface area contributed by atoms with E-state index in [-0.39, 0.29) is 18.4 Å². The van der Waals surface area contributed by atoms with E-state index in [0.717, 1.165) is 50.9 Å². The van der Waals surface area contributed by atoms with Crippen LogP contribution < -0.4 is 5.32 Å². The molecule has 1 saturated heterocycles. The van der Waals surface area contributed by atoms with Crippen molar-refractivity contribution in [1.29, 1.82) is 0 Å². The van der Waals surface area contributed by atoms with Crippen LogP contribution in [0, 0.1) is 17.3 Å². The summed E-state index contributed by atoms with van der Waals surface area (Å²) in [6.07, 6.45) is 3.37. The predicted molar refractivity (Wildman–Crippen MR) is 106 cm³/mol. The van der Waals surface area contributed by atoms with Crippen molar-refractivity contribution in [3.63, 3.8) is 0 Å². The van der Waals surface area contributed by atoms with Gasteiger partial charge in [0, 0.05) is 32.0 Å². The lowest BCUT2D eigenvalue weighted by molar-refractivity contribution is -0.137. The third-order valence-electron chi connectivity index (χ3n) is 7.29. The molecule has 164 valence electrons. The number of carbonyl (C=O) groups is 2. The number of likely N-dealkylation sites (tertiary alicyclic amines) is 1. The number of amides is 2. The molecule has 0 aromatic heterocycles. The number of nitrogens with one attached hydrogen (secondary N) is 1. The average molecular weight is 422 g/mol. The van der Waals surface area contributed by atoms with Crippen molar-refractivity contribution in [2.24, 2.45) is 17.3 Å². The van der Waals surface area contributed by atoms with Crippen LogP contribution in [0.25, 0.3) is 0 Å². The number of nitrogens with zero attached hydrogens (tertiary/aromatic N) is 1. The first-order chi connectivity index (χ1) is 14.3. The summed E-state index contributed by atoms with van der Waals surface area (Å²) in [6, 6.07) is 5.03. The molecule has 1 aromatic rings. The van der Waals surface area contributed by atoms with Crippen LogP contribution in [0.5, 0.6) is 0 Å². The van der Waals surface area contributed by atoms with E-state index in [9.17, 15) is 22.8 Å². The topological polar surface area (TPSA) is 49.4 Å². The van der Waals surface area contributed by atoms with E-state index in [1.807, 2.05) is 4.90 Å². The van der Waals surface area contributed by atoms with Crippen LogP contribution in [0.2, 0.25) is 0 Å². The van der Waals surface area contributed by atoms with Gasteiger partial charge in [-0.15, -0.1) is 0 Å². The van der Waals surface area contributed by atoms with Crippen molar-refractivity contribution in [2.75, 3.05) is 13.1 Å². The Balaban J connectivity index is 1.15. The van der Waals surface area contributed by atoms with Gasteiger partial charge in [0.2, 0.25) is 11.8 Å². The van der Waals surface area contributed by atoms with E-state index in [0.29, 0.717) is 29.2 Å². The van der Waals surface area contributed by atoms with E-state index in [4.69, 9.17) is 0 Å². The molecule has 4 nitrogen and oxygen atoms in total. The Morgan fingerprint density at radius 1 is 1.17 bits per heavy atom. The minimum Gasteiger partial charge on any atom is -0.352 e. The fourth-order valence-electron chi connectivity index (χ4n) is 5.02. The fourth-order valence-corrected chi connectivity index (χ4v) is 5.02. The molecule has 30 heavy (non-hydrogen) atoms. The first-order valence-corrected chi connectivity index (χ1v) is 11.0. The smallest absolute Gasteiger partial charge is 0.352 e. The Morgan fingerprint density at radius 3 is 2.50 bits per heavy atom. The van der Waals surface area contributed by atoms with Crippen LogP contribution in [-0.4, -0.2) is 29.8 Å². The largest absolute Gasteiger partial charge is 0.416 e. The highest BCUT2D eigenvalue weighted by Crippen LogP contribution is 2.66. The van der Waals surface area contributed by atoms with Gasteiger partial charge in [0.05, 0.1) is 5.56 Å². The van der Waals surface area contributed by atoms with Gasteiger partial charge in [0.1, 0.15) is 0 Å². The van der Waals surface area contributed by atoms with Crippen molar-refractivity contribution in [2.45, 2.75) is 64.1 Å². The highest BCUT2D eigenvalue weighted by molar-refractivity contribution is 5.83. The van der Waals surface area contributed by atoms with Crippen LogP contribution in [-0.2, 0) is 22.3 Å². The molecule has 1 unspecified atom stereocenters. The monoisotopic (exact) mass is 422 g/mol. The van der Waals surface area contributed by atoms with Gasteiger partial charge >= 0.3 is 6.18 Å². The summed E-state index contributed by atoms with van der Waals surface area (Å²) in [5.74, 6) is 0.887. The number of benzene rings is 1. The van der Waals surface area contributed by atoms with Crippen molar-refractivity contribution >= 4 is 11.8 Å². The first kappa shape index (κ1) is 21.2. The van der Waals surface area contributed by atoms with Crippen LogP contribution in [0.4, 0.5) is 13.2 Å². The summed E-state index contributed by atoms with van der Waals surface area (Å²) in [5.41, 5.74) is 0.102. The van der Waals surface area contributed by atoms with Gasteiger partial charge in [-0.3, -0.25) is 9.59 Å². The second kappa shape index (κ2) is 8.23. The molecule has 4 rings (SSSR count). The first-order valence-electron chi connectivity index (χ1n) is 11.0. The molecule has 0 radical (unpaired) electrons. The Labute approximate surface area is 175 Å². The van der Waals surface area contributed by atoms with Gasteiger partial charge < -0.3 is 10.2 Å². The average Bonchev–Trinajstić information content (AvgIpc) is 3.47. The molecule has 1 heterocycles. The molecule has 1 spiro atoms. The SMILES string of the molecule is O=C(CCC1CCN(C(=O)C2CC23CCC3)CC1)NCc1cccc(C(F)(F)F)c1. The molecule has 2 aliphatic carbocycles. The van der Waals surface area contributed by atoms with Crippen molar-refractivity contribution in [1.82, 2.24) is 10.2 Å². The molecule has 1 N–H and O–H groups in total. The summed E-state index contributed by atoms with van der Waals surface area (Å²) in [5, 5.41) is 2.72. The molecule has 2 amide bonds. The number of halogens is 3. The number of hydrogen-bond acceptors (Lipinski definition) is 2. The minimum atomic E-state index is -4.38. The normalized spacial score (nSPS) is 23.2. The van der Waals surface area contributed by atoms with Crippen molar-refractivity contribution < 1.29 is 22.8 Å². The number of carbonyl (C=O) groups excluding carboxylic acids is 2. The van der Waals surface area contributed by atoms with Crippen molar-refractivity contribution in [3.8, 4) is 0 Å². The third-order valence-corrected chi connectivity index (χ3v) is 7.29. The number of rotatable bonds is 6. The van der Waals surface area contributed by atoms with Gasteiger partial charge in [0.15, 0.2) is 0 Å². The molecule has 3 fully saturated rings. The Hall–Kier alpha value is -2.05. The lowest BCUT2D eigenvalue weighted by Crippen LogP contribution is -2.41. The van der Waals surface area contributed by atoms with Gasteiger partial charge in [-0.25, -0.2) is 0 Å². The van der Waals surface area contributed by atoms with Crippen molar-refractivity contribution in [3.05, 3.63) is 35.4 Å². The molecule has 2 saturated carbocycles. The lowest BCUT2D eigenvalue weighted by Gasteiger charge is -2.34. The predicted octanol–water partition coefficient (Wildman–Crippen LogP) is 4.53. The van der Waals surface area contributed by atoms with Crippen LogP contribution in [0.3, 0.4) is 0 Å². The molecule has 1 aromatic carbocycles. The zero-order valence-corrected chi connectivity index (χ0v) is 17.1. The quantitative estimate of drug-likeness (QED) is 0.732. The minimum absolute atomic E-state index is 0.0961. The molecule has 7 heteroatoms. The van der Waals surface area contributed by atoms with Gasteiger partial charge in [-0.05, 0) is 67.6 Å². The Kier molecular flexibility index (Phi) is 5.82. The van der Waals surface area contributed by atoms with Gasteiger partial charge in [0.25, 0.3) is 0 Å². The summed E-state index contributed by atoms with van der Waals surface area (Å²) in [6.45, 7) is 1.66. The second-order valence-electron chi connectivity index (χ2n) is 9.25. The van der Waals surface area contributed by atoms with Crippen LogP contribution in [0.1, 0.15) is 62.5 Å². The molecular weight excluding hydrogens is 393 g/mol. The molecular formula is C23H29F3N2O2.